The van der Waals surface area contributed by atoms with E-state index in [1.165, 1.54) is 22.4 Å². The molecule has 0 amide bonds. The van der Waals surface area contributed by atoms with Crippen molar-refractivity contribution in [3.63, 3.8) is 0 Å². The molecule has 1 aromatic heterocycles. The lowest BCUT2D eigenvalue weighted by molar-refractivity contribution is 0.243. The number of anilines is 1. The lowest BCUT2D eigenvalue weighted by atomic mass is 10.1. The Balaban J connectivity index is 1.71. The summed E-state index contributed by atoms with van der Waals surface area (Å²) < 4.78 is 5.33. The molecule has 0 atom stereocenters. The van der Waals surface area contributed by atoms with E-state index in [9.17, 15) is 0 Å². The minimum atomic E-state index is 0.794. The number of benzene rings is 1. The molecule has 2 aromatic rings. The van der Waals surface area contributed by atoms with Crippen LogP contribution in [-0.4, -0.2) is 42.6 Å². The van der Waals surface area contributed by atoms with Crippen molar-refractivity contribution in [3.8, 4) is 5.75 Å². The molecule has 0 radical (unpaired) electrons. The van der Waals surface area contributed by atoms with Crippen LogP contribution in [0, 0.1) is 6.92 Å². The molecular formula is C18H24N4O. The first-order valence-electron chi connectivity index (χ1n) is 7.95. The number of fused-ring (bicyclic) bond motifs is 1. The van der Waals surface area contributed by atoms with E-state index in [1.807, 2.05) is 25.2 Å². The van der Waals surface area contributed by atoms with Crippen LogP contribution in [0.2, 0.25) is 0 Å². The predicted octanol–water partition coefficient (Wildman–Crippen LogP) is 2.42. The standard InChI is InChI=1S/C18H24N4O/c1-13-9-14(5-6-17(13)23-4)11-22-8-7-16-15(12-22)10-19-18(20-16)21(2)3/h5-6,9-10H,7-8,11-12H2,1-4H3. The van der Waals surface area contributed by atoms with Gasteiger partial charge in [0.25, 0.3) is 0 Å². The number of rotatable bonds is 4. The van der Waals surface area contributed by atoms with Crippen LogP contribution >= 0.6 is 0 Å². The van der Waals surface area contributed by atoms with Crippen molar-refractivity contribution in [3.05, 3.63) is 46.8 Å². The highest BCUT2D eigenvalue weighted by molar-refractivity contribution is 5.36. The molecule has 2 heterocycles. The van der Waals surface area contributed by atoms with E-state index in [0.29, 0.717) is 0 Å². The van der Waals surface area contributed by atoms with Crippen LogP contribution in [0.1, 0.15) is 22.4 Å². The lowest BCUT2D eigenvalue weighted by Crippen LogP contribution is -2.31. The first kappa shape index (κ1) is 15.7. The van der Waals surface area contributed by atoms with Crippen LogP contribution in [0.4, 0.5) is 5.95 Å². The molecule has 0 saturated heterocycles. The van der Waals surface area contributed by atoms with E-state index in [2.05, 4.69) is 40.0 Å². The van der Waals surface area contributed by atoms with Crippen LogP contribution in [0.25, 0.3) is 0 Å². The molecule has 5 heteroatoms. The van der Waals surface area contributed by atoms with Crippen molar-refractivity contribution in [1.29, 1.82) is 0 Å². The van der Waals surface area contributed by atoms with E-state index in [1.54, 1.807) is 7.11 Å². The SMILES string of the molecule is COc1ccc(CN2CCc3nc(N(C)C)ncc3C2)cc1C. The summed E-state index contributed by atoms with van der Waals surface area (Å²) in [5.74, 6) is 1.74. The molecule has 0 fully saturated rings. The molecule has 0 bridgehead atoms. The maximum Gasteiger partial charge on any atom is 0.225 e. The van der Waals surface area contributed by atoms with Gasteiger partial charge < -0.3 is 9.64 Å². The third-order valence-corrected chi connectivity index (χ3v) is 4.27. The van der Waals surface area contributed by atoms with Crippen molar-refractivity contribution in [1.82, 2.24) is 14.9 Å². The zero-order chi connectivity index (χ0) is 16.4. The molecule has 1 aliphatic rings. The van der Waals surface area contributed by atoms with Gasteiger partial charge in [-0.3, -0.25) is 4.90 Å². The maximum absolute atomic E-state index is 5.33. The molecule has 1 aromatic carbocycles. The Labute approximate surface area is 137 Å². The fourth-order valence-corrected chi connectivity index (χ4v) is 3.01. The summed E-state index contributed by atoms with van der Waals surface area (Å²) in [6.45, 7) is 4.97. The maximum atomic E-state index is 5.33. The second kappa shape index (κ2) is 6.54. The fraction of sp³-hybridized carbons (Fsp3) is 0.444. The first-order chi connectivity index (χ1) is 11.1. The molecule has 5 nitrogen and oxygen atoms in total. The highest BCUT2D eigenvalue weighted by Crippen LogP contribution is 2.23. The van der Waals surface area contributed by atoms with Crippen molar-refractivity contribution in [2.75, 3.05) is 32.6 Å². The van der Waals surface area contributed by atoms with Crippen molar-refractivity contribution >= 4 is 5.95 Å². The van der Waals surface area contributed by atoms with Crippen LogP contribution in [0.5, 0.6) is 5.75 Å². The average molecular weight is 312 g/mol. The van der Waals surface area contributed by atoms with Gasteiger partial charge in [-0.15, -0.1) is 0 Å². The quantitative estimate of drug-likeness (QED) is 0.867. The molecule has 0 aliphatic carbocycles. The number of nitrogens with zero attached hydrogens (tertiary/aromatic N) is 4. The summed E-state index contributed by atoms with van der Waals surface area (Å²) in [4.78, 5) is 13.5. The Morgan fingerprint density at radius 1 is 1.30 bits per heavy atom. The van der Waals surface area contributed by atoms with Gasteiger partial charge in [-0.2, -0.15) is 0 Å². The summed E-state index contributed by atoms with van der Waals surface area (Å²) >= 11 is 0. The van der Waals surface area contributed by atoms with Crippen LogP contribution in [-0.2, 0) is 19.5 Å². The normalized spacial score (nSPS) is 14.4. The number of aryl methyl sites for hydroxylation is 1. The van der Waals surface area contributed by atoms with Gasteiger partial charge in [0.2, 0.25) is 5.95 Å². The Hall–Kier alpha value is -2.14. The van der Waals surface area contributed by atoms with Crippen molar-refractivity contribution in [2.24, 2.45) is 0 Å². The predicted molar refractivity (Wildman–Crippen MR) is 91.9 cm³/mol. The van der Waals surface area contributed by atoms with E-state index in [-0.39, 0.29) is 0 Å². The third kappa shape index (κ3) is 3.45. The lowest BCUT2D eigenvalue weighted by Gasteiger charge is -2.28. The van der Waals surface area contributed by atoms with Crippen LogP contribution in [0.3, 0.4) is 0 Å². The summed E-state index contributed by atoms with van der Waals surface area (Å²) in [7, 11) is 5.66. The third-order valence-electron chi connectivity index (χ3n) is 4.27. The summed E-state index contributed by atoms with van der Waals surface area (Å²) in [5, 5.41) is 0. The molecule has 0 N–H and O–H groups in total. The molecule has 23 heavy (non-hydrogen) atoms. The van der Waals surface area contributed by atoms with Crippen LogP contribution in [0.15, 0.2) is 24.4 Å². The van der Waals surface area contributed by atoms with E-state index in [4.69, 9.17) is 4.74 Å². The van der Waals surface area contributed by atoms with E-state index in [0.717, 1.165) is 37.8 Å². The van der Waals surface area contributed by atoms with Gasteiger partial charge in [-0.25, -0.2) is 9.97 Å². The molecular weight excluding hydrogens is 288 g/mol. The molecule has 0 unspecified atom stereocenters. The molecule has 3 rings (SSSR count). The van der Waals surface area contributed by atoms with E-state index < -0.39 is 0 Å². The number of methoxy groups -OCH3 is 1. The van der Waals surface area contributed by atoms with Gasteiger partial charge in [-0.05, 0) is 24.1 Å². The largest absolute Gasteiger partial charge is 0.496 e. The Morgan fingerprint density at radius 3 is 2.83 bits per heavy atom. The second-order valence-electron chi connectivity index (χ2n) is 6.30. The van der Waals surface area contributed by atoms with Crippen molar-refractivity contribution in [2.45, 2.75) is 26.4 Å². The summed E-state index contributed by atoms with van der Waals surface area (Å²) in [6, 6.07) is 6.40. The topological polar surface area (TPSA) is 41.5 Å². The highest BCUT2D eigenvalue weighted by atomic mass is 16.5. The summed E-state index contributed by atoms with van der Waals surface area (Å²) in [5.41, 5.74) is 4.93. The average Bonchev–Trinajstić information content (AvgIpc) is 2.54. The van der Waals surface area contributed by atoms with Gasteiger partial charge in [0.05, 0.1) is 12.8 Å². The Kier molecular flexibility index (Phi) is 4.48. The number of hydrogen-bond donors (Lipinski definition) is 0. The molecule has 0 spiro atoms. The fourth-order valence-electron chi connectivity index (χ4n) is 3.01. The number of ether oxygens (including phenoxy) is 1. The molecule has 122 valence electrons. The second-order valence-corrected chi connectivity index (χ2v) is 6.30. The highest BCUT2D eigenvalue weighted by Gasteiger charge is 2.19. The number of hydrogen-bond acceptors (Lipinski definition) is 5. The molecule has 1 aliphatic heterocycles. The van der Waals surface area contributed by atoms with Crippen LogP contribution < -0.4 is 9.64 Å². The smallest absolute Gasteiger partial charge is 0.225 e. The zero-order valence-electron chi connectivity index (χ0n) is 14.3. The molecule has 0 saturated carbocycles. The van der Waals surface area contributed by atoms with Gasteiger partial charge in [-0.1, -0.05) is 12.1 Å². The minimum Gasteiger partial charge on any atom is -0.496 e. The number of aromatic nitrogens is 2. The Bertz CT molecular complexity index is 699. The van der Waals surface area contributed by atoms with E-state index >= 15 is 0 Å². The van der Waals surface area contributed by atoms with Gasteiger partial charge >= 0.3 is 0 Å². The Morgan fingerprint density at radius 2 is 2.13 bits per heavy atom. The summed E-state index contributed by atoms with van der Waals surface area (Å²) in [6.07, 6.45) is 2.96. The van der Waals surface area contributed by atoms with Gasteiger partial charge in [0, 0.05) is 51.9 Å². The van der Waals surface area contributed by atoms with Crippen molar-refractivity contribution < 1.29 is 4.74 Å². The first-order valence-corrected chi connectivity index (χ1v) is 7.95. The zero-order valence-corrected chi connectivity index (χ0v) is 14.3. The van der Waals surface area contributed by atoms with Gasteiger partial charge in [0.1, 0.15) is 5.75 Å². The minimum absolute atomic E-state index is 0.794. The van der Waals surface area contributed by atoms with Gasteiger partial charge in [0.15, 0.2) is 0 Å². The monoisotopic (exact) mass is 312 g/mol.